The van der Waals surface area contributed by atoms with Gasteiger partial charge in [0.15, 0.2) is 0 Å². The van der Waals surface area contributed by atoms with Gasteiger partial charge >= 0.3 is 0 Å². The highest BCUT2D eigenvalue weighted by atomic mass is 15.0. The lowest BCUT2D eigenvalue weighted by molar-refractivity contribution is 0.633. The Labute approximate surface area is 90.5 Å². The van der Waals surface area contributed by atoms with Crippen LogP contribution in [0.15, 0.2) is 12.4 Å². The Bertz CT molecular complexity index is 305. The van der Waals surface area contributed by atoms with Crippen molar-refractivity contribution in [3.8, 4) is 0 Å². The number of aromatic nitrogens is 2. The fourth-order valence-electron chi connectivity index (χ4n) is 1.91. The smallest absolute Gasteiger partial charge is 0.147 e. The van der Waals surface area contributed by atoms with Gasteiger partial charge in [0.2, 0.25) is 0 Å². The molecule has 1 saturated heterocycles. The summed E-state index contributed by atoms with van der Waals surface area (Å²) in [5.74, 6) is 0.935. The number of anilines is 1. The van der Waals surface area contributed by atoms with Gasteiger partial charge in [-0.1, -0.05) is 0 Å². The number of nitrogens with zero attached hydrogens (tertiary/aromatic N) is 2. The molecule has 4 heteroatoms. The van der Waals surface area contributed by atoms with E-state index in [9.17, 15) is 0 Å². The summed E-state index contributed by atoms with van der Waals surface area (Å²) in [5.41, 5.74) is 0.981. The Kier molecular flexibility index (Phi) is 3.50. The third-order valence-electron chi connectivity index (χ3n) is 2.80. The molecule has 2 heterocycles. The van der Waals surface area contributed by atoms with Gasteiger partial charge in [0.25, 0.3) is 0 Å². The monoisotopic (exact) mass is 206 g/mol. The van der Waals surface area contributed by atoms with E-state index in [1.54, 1.807) is 12.4 Å². The van der Waals surface area contributed by atoms with Crippen LogP contribution in [0.1, 0.15) is 25.0 Å². The lowest BCUT2D eigenvalue weighted by atomic mass is 10.1. The first kappa shape index (κ1) is 10.4. The molecule has 0 aromatic carbocycles. The predicted molar refractivity (Wildman–Crippen MR) is 60.9 cm³/mol. The van der Waals surface area contributed by atoms with Gasteiger partial charge < -0.3 is 10.6 Å². The molecule has 15 heavy (non-hydrogen) atoms. The van der Waals surface area contributed by atoms with Gasteiger partial charge in [0.05, 0.1) is 5.69 Å². The first-order valence-electron chi connectivity index (χ1n) is 5.61. The lowest BCUT2D eigenvalue weighted by Crippen LogP contribution is -2.22. The average Bonchev–Trinajstić information content (AvgIpc) is 2.50. The Morgan fingerprint density at radius 3 is 3.00 bits per heavy atom. The van der Waals surface area contributed by atoms with Crippen molar-refractivity contribution in [2.24, 2.45) is 0 Å². The molecular weight excluding hydrogens is 188 g/mol. The molecule has 2 N–H and O–H groups in total. The Morgan fingerprint density at radius 1 is 1.27 bits per heavy atom. The molecule has 1 unspecified atom stereocenters. The van der Waals surface area contributed by atoms with Crippen LogP contribution in [-0.4, -0.2) is 29.1 Å². The largest absolute Gasteiger partial charge is 0.366 e. The maximum absolute atomic E-state index is 4.31. The zero-order valence-electron chi connectivity index (χ0n) is 9.16. The Hall–Kier alpha value is -1.16. The summed E-state index contributed by atoms with van der Waals surface area (Å²) in [6.45, 7) is 4.22. The second-order valence-corrected chi connectivity index (χ2v) is 4.01. The van der Waals surface area contributed by atoms with Crippen LogP contribution < -0.4 is 10.6 Å². The molecule has 0 radical (unpaired) electrons. The molecule has 1 aliphatic rings. The SMILES string of the molecule is Cc1nccnc1NC1CCCNCC1. The highest BCUT2D eigenvalue weighted by Gasteiger charge is 2.12. The molecular formula is C11H18N4. The minimum absolute atomic E-state index is 0.537. The highest BCUT2D eigenvalue weighted by Crippen LogP contribution is 2.13. The molecule has 0 saturated carbocycles. The maximum atomic E-state index is 4.31. The molecule has 1 atom stereocenters. The molecule has 1 fully saturated rings. The Morgan fingerprint density at radius 2 is 2.13 bits per heavy atom. The van der Waals surface area contributed by atoms with Crippen molar-refractivity contribution in [3.05, 3.63) is 18.1 Å². The number of rotatable bonds is 2. The van der Waals surface area contributed by atoms with Crippen LogP contribution in [0.5, 0.6) is 0 Å². The van der Waals surface area contributed by atoms with Gasteiger partial charge in [-0.05, 0) is 39.3 Å². The zero-order valence-corrected chi connectivity index (χ0v) is 9.16. The van der Waals surface area contributed by atoms with E-state index in [-0.39, 0.29) is 0 Å². The molecule has 1 aromatic rings. The van der Waals surface area contributed by atoms with E-state index in [2.05, 4.69) is 20.6 Å². The van der Waals surface area contributed by atoms with E-state index in [1.807, 2.05) is 6.92 Å². The van der Waals surface area contributed by atoms with E-state index >= 15 is 0 Å². The fraction of sp³-hybridized carbons (Fsp3) is 0.636. The third kappa shape index (κ3) is 2.89. The van der Waals surface area contributed by atoms with Crippen LogP contribution in [0.3, 0.4) is 0 Å². The van der Waals surface area contributed by atoms with E-state index < -0.39 is 0 Å². The van der Waals surface area contributed by atoms with Gasteiger partial charge in [-0.25, -0.2) is 4.98 Å². The van der Waals surface area contributed by atoms with Crippen molar-refractivity contribution in [2.75, 3.05) is 18.4 Å². The first-order chi connectivity index (χ1) is 7.36. The Balaban J connectivity index is 1.98. The van der Waals surface area contributed by atoms with Crippen molar-refractivity contribution in [3.63, 3.8) is 0 Å². The van der Waals surface area contributed by atoms with Crippen molar-refractivity contribution < 1.29 is 0 Å². The normalized spacial score (nSPS) is 22.1. The van der Waals surface area contributed by atoms with Crippen LogP contribution >= 0.6 is 0 Å². The maximum Gasteiger partial charge on any atom is 0.147 e. The van der Waals surface area contributed by atoms with Gasteiger partial charge in [-0.3, -0.25) is 4.98 Å². The molecule has 4 nitrogen and oxygen atoms in total. The highest BCUT2D eigenvalue weighted by molar-refractivity contribution is 5.39. The lowest BCUT2D eigenvalue weighted by Gasteiger charge is -2.17. The summed E-state index contributed by atoms with van der Waals surface area (Å²) in [6, 6.07) is 0.537. The van der Waals surface area contributed by atoms with Crippen LogP contribution in [0.25, 0.3) is 0 Å². The minimum Gasteiger partial charge on any atom is -0.366 e. The number of aryl methyl sites for hydroxylation is 1. The number of hydrogen-bond donors (Lipinski definition) is 2. The van der Waals surface area contributed by atoms with Gasteiger partial charge in [0.1, 0.15) is 5.82 Å². The molecule has 0 bridgehead atoms. The fourth-order valence-corrected chi connectivity index (χ4v) is 1.91. The zero-order chi connectivity index (χ0) is 10.5. The molecule has 2 rings (SSSR count). The van der Waals surface area contributed by atoms with Crippen molar-refractivity contribution in [2.45, 2.75) is 32.2 Å². The summed E-state index contributed by atoms with van der Waals surface area (Å²) in [4.78, 5) is 8.54. The summed E-state index contributed by atoms with van der Waals surface area (Å²) in [7, 11) is 0. The van der Waals surface area contributed by atoms with Crippen molar-refractivity contribution in [1.29, 1.82) is 0 Å². The van der Waals surface area contributed by atoms with Gasteiger partial charge in [-0.2, -0.15) is 0 Å². The summed E-state index contributed by atoms with van der Waals surface area (Å²) < 4.78 is 0. The molecule has 1 aliphatic heterocycles. The van der Waals surface area contributed by atoms with E-state index in [0.717, 1.165) is 31.0 Å². The van der Waals surface area contributed by atoms with Crippen LogP contribution in [-0.2, 0) is 0 Å². The van der Waals surface area contributed by atoms with Gasteiger partial charge in [0, 0.05) is 18.4 Å². The standard InChI is InChI=1S/C11H18N4/c1-9-11(14-8-7-13-9)15-10-3-2-5-12-6-4-10/h7-8,10,12H,2-6H2,1H3,(H,14,15). The van der Waals surface area contributed by atoms with E-state index in [0.29, 0.717) is 6.04 Å². The first-order valence-corrected chi connectivity index (χ1v) is 5.61. The summed E-state index contributed by atoms with van der Waals surface area (Å²) >= 11 is 0. The van der Waals surface area contributed by atoms with Crippen LogP contribution in [0.2, 0.25) is 0 Å². The third-order valence-corrected chi connectivity index (χ3v) is 2.80. The minimum atomic E-state index is 0.537. The number of hydrogen-bond acceptors (Lipinski definition) is 4. The molecule has 0 spiro atoms. The molecule has 0 aliphatic carbocycles. The quantitative estimate of drug-likeness (QED) is 0.766. The second-order valence-electron chi connectivity index (χ2n) is 4.01. The summed E-state index contributed by atoms with van der Waals surface area (Å²) in [6.07, 6.45) is 7.08. The van der Waals surface area contributed by atoms with Crippen molar-refractivity contribution >= 4 is 5.82 Å². The van der Waals surface area contributed by atoms with Gasteiger partial charge in [-0.15, -0.1) is 0 Å². The summed E-state index contributed by atoms with van der Waals surface area (Å²) in [5, 5.41) is 6.88. The second kappa shape index (κ2) is 5.07. The molecule has 1 aromatic heterocycles. The number of nitrogens with one attached hydrogen (secondary N) is 2. The predicted octanol–water partition coefficient (Wildman–Crippen LogP) is 1.34. The average molecular weight is 206 g/mol. The van der Waals surface area contributed by atoms with Crippen LogP contribution in [0, 0.1) is 6.92 Å². The van der Waals surface area contributed by atoms with Crippen LogP contribution in [0.4, 0.5) is 5.82 Å². The molecule has 0 amide bonds. The molecule has 82 valence electrons. The van der Waals surface area contributed by atoms with E-state index in [4.69, 9.17) is 0 Å². The van der Waals surface area contributed by atoms with E-state index in [1.165, 1.54) is 12.8 Å². The van der Waals surface area contributed by atoms with Crippen molar-refractivity contribution in [1.82, 2.24) is 15.3 Å². The topological polar surface area (TPSA) is 49.8 Å².